The number of halogens is 2. The molecule has 1 aromatic rings. The van der Waals surface area contributed by atoms with Gasteiger partial charge in [0.15, 0.2) is 0 Å². The van der Waals surface area contributed by atoms with Crippen molar-refractivity contribution in [3.8, 4) is 0 Å². The highest BCUT2D eigenvalue weighted by Gasteiger charge is 2.36. The summed E-state index contributed by atoms with van der Waals surface area (Å²) in [5.74, 6) is 1.67. The summed E-state index contributed by atoms with van der Waals surface area (Å²) in [6.07, 6.45) is 4.96. The second kappa shape index (κ2) is 7.46. The van der Waals surface area contributed by atoms with Crippen LogP contribution in [0.5, 0.6) is 0 Å². The number of hydrogen-bond donors (Lipinski definition) is 0. The zero-order valence-electron chi connectivity index (χ0n) is 12.4. The van der Waals surface area contributed by atoms with Gasteiger partial charge in [-0.25, -0.2) is 0 Å². The lowest BCUT2D eigenvalue weighted by molar-refractivity contribution is -0.0719. The van der Waals surface area contributed by atoms with Crippen molar-refractivity contribution in [3.05, 3.63) is 34.9 Å². The third-order valence-electron chi connectivity index (χ3n) is 4.62. The van der Waals surface area contributed by atoms with Gasteiger partial charge in [-0.15, -0.1) is 0 Å². The predicted molar refractivity (Wildman–Crippen MR) is 94.7 cm³/mol. The summed E-state index contributed by atoms with van der Waals surface area (Å²) < 4.78 is 7.39. The minimum Gasteiger partial charge on any atom is -0.369 e. The minimum atomic E-state index is 0.0606. The fraction of sp³-hybridized carbons (Fsp3) is 0.647. The van der Waals surface area contributed by atoms with Crippen LogP contribution < -0.4 is 0 Å². The molecule has 1 aromatic carbocycles. The Balaban J connectivity index is 1.95. The van der Waals surface area contributed by atoms with Gasteiger partial charge in [-0.05, 0) is 49.1 Å². The lowest BCUT2D eigenvalue weighted by Crippen LogP contribution is -2.39. The maximum atomic E-state index is 6.32. The molecule has 0 heterocycles. The van der Waals surface area contributed by atoms with Crippen LogP contribution in [0.3, 0.4) is 0 Å². The molecule has 1 aliphatic carbocycles. The third-order valence-corrected chi connectivity index (χ3v) is 6.38. The number of rotatable bonds is 5. The Kier molecular flexibility index (Phi) is 6.18. The van der Waals surface area contributed by atoms with E-state index in [4.69, 9.17) is 16.3 Å². The van der Waals surface area contributed by atoms with Crippen LogP contribution in [0.25, 0.3) is 0 Å². The van der Waals surface area contributed by atoms with Crippen LogP contribution in [0.15, 0.2) is 24.3 Å². The molecule has 0 aromatic heterocycles. The Labute approximate surface area is 141 Å². The molecule has 0 atom stereocenters. The number of hydrogen-bond acceptors (Lipinski definition) is 1. The molecule has 1 aliphatic rings. The number of alkyl halides is 1. The van der Waals surface area contributed by atoms with Gasteiger partial charge >= 0.3 is 0 Å². The van der Waals surface area contributed by atoms with Crippen molar-refractivity contribution < 1.29 is 4.74 Å². The Morgan fingerprint density at radius 2 is 1.95 bits per heavy atom. The Bertz CT molecular complexity index is 425. The van der Waals surface area contributed by atoms with E-state index in [2.05, 4.69) is 42.5 Å². The molecule has 0 spiro atoms. The van der Waals surface area contributed by atoms with Gasteiger partial charge in [-0.3, -0.25) is 0 Å². The monoisotopic (exact) mass is 406 g/mol. The standard InChI is InChI=1S/C17H24ClIO/c1-13(2)14-7-9-17(12-19,10-8-14)20-11-15-5-3-4-6-16(15)18/h3-6,13-14H,7-12H2,1-2H3. The van der Waals surface area contributed by atoms with Crippen molar-refractivity contribution in [1.29, 1.82) is 0 Å². The van der Waals surface area contributed by atoms with Crippen LogP contribution in [0, 0.1) is 11.8 Å². The number of benzene rings is 1. The van der Waals surface area contributed by atoms with Crippen molar-refractivity contribution in [3.63, 3.8) is 0 Å². The Morgan fingerprint density at radius 1 is 1.30 bits per heavy atom. The molecular weight excluding hydrogens is 383 g/mol. The fourth-order valence-electron chi connectivity index (χ4n) is 3.00. The highest BCUT2D eigenvalue weighted by atomic mass is 127. The summed E-state index contributed by atoms with van der Waals surface area (Å²) in [4.78, 5) is 0. The van der Waals surface area contributed by atoms with E-state index in [1.54, 1.807) is 0 Å². The van der Waals surface area contributed by atoms with Gasteiger partial charge in [0.25, 0.3) is 0 Å². The van der Waals surface area contributed by atoms with E-state index in [-0.39, 0.29) is 5.60 Å². The molecule has 112 valence electrons. The third kappa shape index (κ3) is 4.11. The summed E-state index contributed by atoms with van der Waals surface area (Å²) >= 11 is 8.69. The van der Waals surface area contributed by atoms with E-state index in [0.717, 1.165) is 26.8 Å². The van der Waals surface area contributed by atoms with Gasteiger partial charge in [0, 0.05) is 9.45 Å². The van der Waals surface area contributed by atoms with Crippen molar-refractivity contribution >= 4 is 34.2 Å². The first-order valence-electron chi connectivity index (χ1n) is 7.50. The zero-order valence-corrected chi connectivity index (χ0v) is 15.3. The molecule has 20 heavy (non-hydrogen) atoms. The lowest BCUT2D eigenvalue weighted by Gasteiger charge is -2.40. The van der Waals surface area contributed by atoms with Crippen LogP contribution in [-0.4, -0.2) is 10.0 Å². The first-order chi connectivity index (χ1) is 9.56. The smallest absolute Gasteiger partial charge is 0.0776 e. The van der Waals surface area contributed by atoms with Gasteiger partial charge in [-0.1, -0.05) is 66.2 Å². The molecule has 3 heteroatoms. The Morgan fingerprint density at radius 3 is 2.50 bits per heavy atom. The molecule has 0 aliphatic heterocycles. The zero-order chi connectivity index (χ0) is 14.6. The van der Waals surface area contributed by atoms with Gasteiger partial charge in [0.05, 0.1) is 12.2 Å². The van der Waals surface area contributed by atoms with Gasteiger partial charge in [0.1, 0.15) is 0 Å². The highest BCUT2D eigenvalue weighted by molar-refractivity contribution is 14.1. The number of ether oxygens (including phenoxy) is 1. The quantitative estimate of drug-likeness (QED) is 0.438. The molecular formula is C17H24ClIO. The van der Waals surface area contributed by atoms with E-state index in [1.165, 1.54) is 25.7 Å². The largest absolute Gasteiger partial charge is 0.369 e. The van der Waals surface area contributed by atoms with E-state index >= 15 is 0 Å². The van der Waals surface area contributed by atoms with E-state index in [9.17, 15) is 0 Å². The van der Waals surface area contributed by atoms with Crippen molar-refractivity contribution in [1.82, 2.24) is 0 Å². The van der Waals surface area contributed by atoms with Crippen molar-refractivity contribution in [2.24, 2.45) is 11.8 Å². The maximum absolute atomic E-state index is 6.32. The average Bonchev–Trinajstić information content (AvgIpc) is 2.47. The maximum Gasteiger partial charge on any atom is 0.0776 e. The second-order valence-electron chi connectivity index (χ2n) is 6.28. The fourth-order valence-corrected chi connectivity index (χ4v) is 4.17. The molecule has 0 bridgehead atoms. The van der Waals surface area contributed by atoms with Gasteiger partial charge in [0.2, 0.25) is 0 Å². The van der Waals surface area contributed by atoms with E-state index < -0.39 is 0 Å². The molecule has 1 nitrogen and oxygen atoms in total. The molecule has 1 saturated carbocycles. The average molecular weight is 407 g/mol. The molecule has 0 amide bonds. The molecule has 1 fully saturated rings. The summed E-state index contributed by atoms with van der Waals surface area (Å²) in [6.45, 7) is 5.31. The Hall–Kier alpha value is 0.200. The van der Waals surface area contributed by atoms with E-state index in [1.807, 2.05) is 18.2 Å². The molecule has 0 radical (unpaired) electrons. The summed E-state index contributed by atoms with van der Waals surface area (Å²) in [5, 5.41) is 0.812. The second-order valence-corrected chi connectivity index (χ2v) is 7.45. The van der Waals surface area contributed by atoms with E-state index in [0.29, 0.717) is 6.61 Å². The lowest BCUT2D eigenvalue weighted by atomic mass is 9.75. The van der Waals surface area contributed by atoms with Crippen LogP contribution in [0.2, 0.25) is 5.02 Å². The van der Waals surface area contributed by atoms with Crippen LogP contribution in [0.1, 0.15) is 45.1 Å². The van der Waals surface area contributed by atoms with Crippen molar-refractivity contribution in [2.45, 2.75) is 51.7 Å². The summed E-state index contributed by atoms with van der Waals surface area (Å²) in [6, 6.07) is 7.99. The molecule has 2 rings (SSSR count). The summed E-state index contributed by atoms with van der Waals surface area (Å²) in [7, 11) is 0. The first-order valence-corrected chi connectivity index (χ1v) is 9.40. The normalized spacial score (nSPS) is 26.9. The summed E-state index contributed by atoms with van der Waals surface area (Å²) in [5.41, 5.74) is 1.16. The molecule has 0 unspecified atom stereocenters. The van der Waals surface area contributed by atoms with Gasteiger partial charge in [-0.2, -0.15) is 0 Å². The van der Waals surface area contributed by atoms with Crippen molar-refractivity contribution in [2.75, 3.05) is 4.43 Å². The van der Waals surface area contributed by atoms with Crippen LogP contribution >= 0.6 is 34.2 Å². The van der Waals surface area contributed by atoms with Gasteiger partial charge < -0.3 is 4.74 Å². The SMILES string of the molecule is CC(C)C1CCC(CI)(OCc2ccccc2Cl)CC1. The molecule has 0 N–H and O–H groups in total. The minimum absolute atomic E-state index is 0.0606. The first kappa shape index (κ1) is 16.6. The van der Waals surface area contributed by atoms with Crippen LogP contribution in [0.4, 0.5) is 0 Å². The highest BCUT2D eigenvalue weighted by Crippen LogP contribution is 2.39. The predicted octanol–water partition coefficient (Wildman–Crippen LogP) is 5.88. The van der Waals surface area contributed by atoms with Crippen LogP contribution in [-0.2, 0) is 11.3 Å². The topological polar surface area (TPSA) is 9.23 Å². The molecule has 0 saturated heterocycles.